The van der Waals surface area contributed by atoms with Crippen molar-refractivity contribution in [3.63, 3.8) is 0 Å². The fourth-order valence-corrected chi connectivity index (χ4v) is 4.26. The van der Waals surface area contributed by atoms with Crippen molar-refractivity contribution in [3.8, 4) is 0 Å². The minimum absolute atomic E-state index is 0.131. The average molecular weight is 351 g/mol. The Balaban J connectivity index is 2.00. The van der Waals surface area contributed by atoms with Crippen molar-refractivity contribution >= 4 is 33.3 Å². The molecule has 1 N–H and O–H groups in total. The number of carbonyl (C=O) groups excluding carboxylic acids is 1. The van der Waals surface area contributed by atoms with Crippen LogP contribution in [0.4, 0.5) is 4.39 Å². The molecule has 1 fully saturated rings. The maximum atomic E-state index is 14.2. The van der Waals surface area contributed by atoms with Crippen LogP contribution >= 0.6 is 11.3 Å². The molecule has 0 saturated carbocycles. The summed E-state index contributed by atoms with van der Waals surface area (Å²) >= 11 is 1.22. The van der Waals surface area contributed by atoms with Crippen LogP contribution in [0.5, 0.6) is 0 Å². The Morgan fingerprint density at radius 2 is 2.21 bits per heavy atom. The number of nitrogens with zero attached hydrogens (tertiary/aromatic N) is 1. The molecule has 1 aliphatic rings. The fraction of sp³-hybridized carbons (Fsp3) is 0.412. The first-order chi connectivity index (χ1) is 11.4. The molecule has 7 heteroatoms. The van der Waals surface area contributed by atoms with Gasteiger partial charge in [-0.2, -0.15) is 0 Å². The first kappa shape index (κ1) is 16.9. The Labute approximate surface area is 142 Å². The highest BCUT2D eigenvalue weighted by molar-refractivity contribution is 7.21. The number of rotatable bonds is 4. The lowest BCUT2D eigenvalue weighted by Gasteiger charge is -2.20. The van der Waals surface area contributed by atoms with Gasteiger partial charge < -0.3 is 14.7 Å². The molecule has 2 heterocycles. The molecule has 2 aromatic rings. The number of hydrogen-bond acceptors (Lipinski definition) is 4. The maximum Gasteiger partial charge on any atom is 0.311 e. The molecule has 3 rings (SSSR count). The van der Waals surface area contributed by atoms with Gasteiger partial charge in [0.2, 0.25) is 0 Å². The summed E-state index contributed by atoms with van der Waals surface area (Å²) < 4.78 is 20.0. The summed E-state index contributed by atoms with van der Waals surface area (Å²) in [4.78, 5) is 26.2. The smallest absolute Gasteiger partial charge is 0.311 e. The minimum atomic E-state index is -0.932. The monoisotopic (exact) mass is 351 g/mol. The van der Waals surface area contributed by atoms with Crippen LogP contribution < -0.4 is 0 Å². The van der Waals surface area contributed by atoms with E-state index in [1.165, 1.54) is 29.4 Å². The van der Waals surface area contributed by atoms with Gasteiger partial charge in [-0.15, -0.1) is 11.3 Å². The summed E-state index contributed by atoms with van der Waals surface area (Å²) in [5.74, 6) is -1.54. The zero-order chi connectivity index (χ0) is 17.5. The van der Waals surface area contributed by atoms with Crippen LogP contribution in [0.25, 0.3) is 10.1 Å². The highest BCUT2D eigenvalue weighted by atomic mass is 32.1. The van der Waals surface area contributed by atoms with E-state index in [1.54, 1.807) is 19.1 Å². The van der Waals surface area contributed by atoms with Gasteiger partial charge >= 0.3 is 5.97 Å². The number of hydrogen-bond donors (Lipinski definition) is 1. The SMILES string of the molecule is COCc1c(C(=O)N2CCC(C)(C(=O)O)C2)sc2cccc(F)c12. The number of ether oxygens (including phenoxy) is 1. The summed E-state index contributed by atoms with van der Waals surface area (Å²) in [6, 6.07) is 4.74. The van der Waals surface area contributed by atoms with Crippen LogP contribution in [0, 0.1) is 11.2 Å². The third kappa shape index (κ3) is 2.67. The average Bonchev–Trinajstić information content (AvgIpc) is 3.11. The van der Waals surface area contributed by atoms with E-state index in [4.69, 9.17) is 4.74 Å². The van der Waals surface area contributed by atoms with Crippen molar-refractivity contribution in [2.75, 3.05) is 20.2 Å². The molecule has 24 heavy (non-hydrogen) atoms. The van der Waals surface area contributed by atoms with Gasteiger partial charge in [0.15, 0.2) is 0 Å². The third-order valence-corrected chi connectivity index (χ3v) is 5.71. The van der Waals surface area contributed by atoms with Crippen molar-refractivity contribution in [1.82, 2.24) is 4.90 Å². The predicted molar refractivity (Wildman–Crippen MR) is 88.8 cm³/mol. The predicted octanol–water partition coefficient (Wildman–Crippen LogP) is 3.12. The van der Waals surface area contributed by atoms with E-state index in [0.717, 1.165) is 0 Å². The number of carboxylic acid groups (broad SMARTS) is 1. The van der Waals surface area contributed by atoms with E-state index in [1.807, 2.05) is 0 Å². The molecular weight excluding hydrogens is 333 g/mol. The minimum Gasteiger partial charge on any atom is -0.481 e. The molecular formula is C17H18FNO4S. The van der Waals surface area contributed by atoms with Crippen molar-refractivity contribution < 1.29 is 23.8 Å². The van der Waals surface area contributed by atoms with Crippen LogP contribution in [0.15, 0.2) is 18.2 Å². The van der Waals surface area contributed by atoms with Crippen molar-refractivity contribution in [2.24, 2.45) is 5.41 Å². The molecule has 1 amide bonds. The quantitative estimate of drug-likeness (QED) is 0.919. The molecule has 128 valence electrons. The molecule has 1 aromatic carbocycles. The van der Waals surface area contributed by atoms with E-state index < -0.39 is 11.4 Å². The second kappa shape index (κ2) is 6.14. The van der Waals surface area contributed by atoms with Gasteiger partial charge in [0, 0.05) is 35.8 Å². The molecule has 1 aromatic heterocycles. The lowest BCUT2D eigenvalue weighted by atomic mass is 9.90. The number of halogens is 1. The number of amides is 1. The number of likely N-dealkylation sites (tertiary alicyclic amines) is 1. The van der Waals surface area contributed by atoms with Crippen LogP contribution in [0.1, 0.15) is 28.6 Å². The maximum absolute atomic E-state index is 14.2. The summed E-state index contributed by atoms with van der Waals surface area (Å²) in [6.07, 6.45) is 0.410. The number of thiophene rings is 1. The summed E-state index contributed by atoms with van der Waals surface area (Å²) in [5.41, 5.74) is -0.400. The highest BCUT2D eigenvalue weighted by Gasteiger charge is 2.43. The molecule has 0 bridgehead atoms. The molecule has 1 saturated heterocycles. The third-order valence-electron chi connectivity index (χ3n) is 4.52. The molecule has 0 spiro atoms. The normalized spacial score (nSPS) is 20.7. The van der Waals surface area contributed by atoms with Crippen LogP contribution in [-0.4, -0.2) is 42.1 Å². The Morgan fingerprint density at radius 3 is 2.83 bits per heavy atom. The van der Waals surface area contributed by atoms with E-state index in [0.29, 0.717) is 33.5 Å². The van der Waals surface area contributed by atoms with Crippen LogP contribution in [0.2, 0.25) is 0 Å². The lowest BCUT2D eigenvalue weighted by Crippen LogP contribution is -2.34. The van der Waals surface area contributed by atoms with Gasteiger partial charge in [0.25, 0.3) is 5.91 Å². The van der Waals surface area contributed by atoms with Gasteiger partial charge in [-0.3, -0.25) is 9.59 Å². The molecule has 1 atom stereocenters. The summed E-state index contributed by atoms with van der Waals surface area (Å²) in [5, 5.41) is 9.74. The zero-order valence-electron chi connectivity index (χ0n) is 13.5. The van der Waals surface area contributed by atoms with Crippen LogP contribution in [-0.2, 0) is 16.1 Å². The Kier molecular flexibility index (Phi) is 4.31. The number of fused-ring (bicyclic) bond motifs is 1. The first-order valence-corrected chi connectivity index (χ1v) is 8.40. The Hall–Kier alpha value is -1.99. The number of aliphatic carboxylic acids is 1. The lowest BCUT2D eigenvalue weighted by molar-refractivity contribution is -0.147. The van der Waals surface area contributed by atoms with Gasteiger partial charge in [-0.05, 0) is 25.5 Å². The Bertz CT molecular complexity index is 818. The molecule has 1 unspecified atom stereocenters. The van der Waals surface area contributed by atoms with Gasteiger partial charge in [0.05, 0.1) is 16.9 Å². The van der Waals surface area contributed by atoms with E-state index in [-0.39, 0.29) is 24.9 Å². The van der Waals surface area contributed by atoms with Gasteiger partial charge in [-0.25, -0.2) is 4.39 Å². The number of carboxylic acids is 1. The second-order valence-corrected chi connectivity index (χ2v) is 7.35. The van der Waals surface area contributed by atoms with Gasteiger partial charge in [-0.1, -0.05) is 6.07 Å². The summed E-state index contributed by atoms with van der Waals surface area (Å²) in [7, 11) is 1.50. The van der Waals surface area contributed by atoms with Gasteiger partial charge in [0.1, 0.15) is 5.82 Å². The van der Waals surface area contributed by atoms with E-state index >= 15 is 0 Å². The number of methoxy groups -OCH3 is 1. The number of carbonyl (C=O) groups is 2. The Morgan fingerprint density at radius 1 is 1.46 bits per heavy atom. The topological polar surface area (TPSA) is 66.8 Å². The van der Waals surface area contributed by atoms with E-state index in [9.17, 15) is 19.1 Å². The molecule has 0 radical (unpaired) electrons. The highest BCUT2D eigenvalue weighted by Crippen LogP contribution is 2.37. The van der Waals surface area contributed by atoms with Crippen molar-refractivity contribution in [1.29, 1.82) is 0 Å². The first-order valence-electron chi connectivity index (χ1n) is 7.59. The largest absolute Gasteiger partial charge is 0.481 e. The fourth-order valence-electron chi connectivity index (χ4n) is 3.07. The number of benzene rings is 1. The second-order valence-electron chi connectivity index (χ2n) is 6.30. The van der Waals surface area contributed by atoms with E-state index in [2.05, 4.69) is 0 Å². The standard InChI is InChI=1S/C17H18FNO4S/c1-17(16(21)22)6-7-19(9-17)15(20)14-10(8-23-2)13-11(18)4-3-5-12(13)24-14/h3-5H,6-9H2,1-2H3,(H,21,22). The molecule has 5 nitrogen and oxygen atoms in total. The molecule has 0 aliphatic carbocycles. The van der Waals surface area contributed by atoms with Crippen LogP contribution in [0.3, 0.4) is 0 Å². The van der Waals surface area contributed by atoms with Crippen molar-refractivity contribution in [3.05, 3.63) is 34.5 Å². The zero-order valence-corrected chi connectivity index (χ0v) is 14.3. The van der Waals surface area contributed by atoms with Crippen molar-refractivity contribution in [2.45, 2.75) is 20.0 Å². The molecule has 1 aliphatic heterocycles. The summed E-state index contributed by atoms with van der Waals surface area (Å²) in [6.45, 7) is 2.31.